The molecular weight excluding hydrogens is 496 g/mol. The van der Waals surface area contributed by atoms with Gasteiger partial charge in [-0.1, -0.05) is 62.4 Å². The lowest BCUT2D eigenvalue weighted by Crippen LogP contribution is -2.43. The number of esters is 2. The minimum atomic E-state index is -3.81. The van der Waals surface area contributed by atoms with Gasteiger partial charge in [0.15, 0.2) is 6.10 Å². The summed E-state index contributed by atoms with van der Waals surface area (Å²) in [5.74, 6) is -1.28. The topological polar surface area (TPSA) is 105 Å². The van der Waals surface area contributed by atoms with Crippen molar-refractivity contribution < 1.29 is 36.4 Å². The van der Waals surface area contributed by atoms with E-state index in [-0.39, 0.29) is 44.5 Å². The highest BCUT2D eigenvalue weighted by Crippen LogP contribution is 2.27. The predicted molar refractivity (Wildman–Crippen MR) is 132 cm³/mol. The quantitative estimate of drug-likeness (QED) is 0.148. The van der Waals surface area contributed by atoms with Crippen molar-refractivity contribution in [3.8, 4) is 0 Å². The molecular formula is C25H31ClO8S. The van der Waals surface area contributed by atoms with Gasteiger partial charge in [0.25, 0.3) is 10.1 Å². The van der Waals surface area contributed by atoms with Gasteiger partial charge in [0.05, 0.1) is 24.5 Å². The molecule has 0 aliphatic rings. The zero-order chi connectivity index (χ0) is 25.7. The van der Waals surface area contributed by atoms with Gasteiger partial charge in [0.2, 0.25) is 0 Å². The van der Waals surface area contributed by atoms with Crippen LogP contribution >= 0.6 is 11.6 Å². The number of carbonyl (C=O) groups excluding carboxylic acids is 2. The second kappa shape index (κ2) is 14.2. The molecule has 192 valence electrons. The van der Waals surface area contributed by atoms with Crippen molar-refractivity contribution in [3.63, 3.8) is 0 Å². The minimum Gasteiger partial charge on any atom is -0.460 e. The fourth-order valence-electron chi connectivity index (χ4n) is 2.98. The van der Waals surface area contributed by atoms with Crippen LogP contribution in [0.5, 0.6) is 0 Å². The summed E-state index contributed by atoms with van der Waals surface area (Å²) in [5, 5.41) is 0. The van der Waals surface area contributed by atoms with Gasteiger partial charge in [-0.2, -0.15) is 8.42 Å². The summed E-state index contributed by atoms with van der Waals surface area (Å²) in [6.45, 7) is 2.77. The molecule has 0 saturated heterocycles. The van der Waals surface area contributed by atoms with E-state index in [1.54, 1.807) is 44.2 Å². The Morgan fingerprint density at radius 3 is 2.17 bits per heavy atom. The maximum atomic E-state index is 12.9. The first-order valence-corrected chi connectivity index (χ1v) is 13.2. The maximum Gasteiger partial charge on any atom is 0.338 e. The third-order valence-corrected chi connectivity index (χ3v) is 6.43. The summed E-state index contributed by atoms with van der Waals surface area (Å²) in [6.07, 6.45) is -0.891. The first-order chi connectivity index (χ1) is 16.6. The Morgan fingerprint density at radius 2 is 1.54 bits per heavy atom. The van der Waals surface area contributed by atoms with Gasteiger partial charge < -0.3 is 14.2 Å². The molecule has 1 atom stereocenters. The smallest absolute Gasteiger partial charge is 0.338 e. The molecule has 8 nitrogen and oxygen atoms in total. The van der Waals surface area contributed by atoms with Crippen LogP contribution in [0.1, 0.15) is 36.2 Å². The SMILES string of the molecule is CC(C)(COS(=O)(=O)CCCCl)C(OCc1ccccc1)C(=O)OCCOC(=O)c1ccccc1. The molecule has 0 radical (unpaired) electrons. The lowest BCUT2D eigenvalue weighted by molar-refractivity contribution is -0.170. The van der Waals surface area contributed by atoms with Gasteiger partial charge >= 0.3 is 11.9 Å². The van der Waals surface area contributed by atoms with E-state index in [0.717, 1.165) is 5.56 Å². The van der Waals surface area contributed by atoms with Crippen LogP contribution in [-0.2, 0) is 39.9 Å². The number of halogens is 1. The number of rotatable bonds is 15. The van der Waals surface area contributed by atoms with Crippen LogP contribution in [0.15, 0.2) is 60.7 Å². The van der Waals surface area contributed by atoms with Crippen LogP contribution in [0.4, 0.5) is 0 Å². The average Bonchev–Trinajstić information content (AvgIpc) is 2.85. The van der Waals surface area contributed by atoms with E-state index in [4.69, 9.17) is 30.0 Å². The number of hydrogen-bond donors (Lipinski definition) is 0. The van der Waals surface area contributed by atoms with Crippen molar-refractivity contribution >= 4 is 33.7 Å². The summed E-state index contributed by atoms with van der Waals surface area (Å²) in [7, 11) is -3.81. The maximum absolute atomic E-state index is 12.9. The number of benzene rings is 2. The summed E-state index contributed by atoms with van der Waals surface area (Å²) in [5.41, 5.74) is 0.158. The largest absolute Gasteiger partial charge is 0.460 e. The van der Waals surface area contributed by atoms with E-state index >= 15 is 0 Å². The molecule has 0 bridgehead atoms. The monoisotopic (exact) mass is 526 g/mol. The van der Waals surface area contributed by atoms with Crippen LogP contribution in [0, 0.1) is 5.41 Å². The Hall–Kier alpha value is -2.46. The molecule has 2 aromatic carbocycles. The molecule has 10 heteroatoms. The van der Waals surface area contributed by atoms with Crippen molar-refractivity contribution in [2.45, 2.75) is 33.0 Å². The normalized spacial score (nSPS) is 12.7. The van der Waals surface area contributed by atoms with E-state index in [0.29, 0.717) is 5.56 Å². The van der Waals surface area contributed by atoms with Gasteiger partial charge in [-0.15, -0.1) is 11.6 Å². The van der Waals surface area contributed by atoms with Gasteiger partial charge in [0, 0.05) is 11.3 Å². The molecule has 1 unspecified atom stereocenters. The third kappa shape index (κ3) is 10.4. The Bertz CT molecular complexity index is 1030. The Balaban J connectivity index is 1.98. The summed E-state index contributed by atoms with van der Waals surface area (Å²) < 4.78 is 45.7. The molecule has 0 amide bonds. The summed E-state index contributed by atoms with van der Waals surface area (Å²) >= 11 is 5.57. The first kappa shape index (κ1) is 28.8. The van der Waals surface area contributed by atoms with E-state index < -0.39 is 33.6 Å². The van der Waals surface area contributed by atoms with Crippen LogP contribution in [0.3, 0.4) is 0 Å². The zero-order valence-electron chi connectivity index (χ0n) is 19.9. The molecule has 35 heavy (non-hydrogen) atoms. The van der Waals surface area contributed by atoms with Gasteiger partial charge in [-0.05, 0) is 24.1 Å². The van der Waals surface area contributed by atoms with Crippen molar-refractivity contribution in [1.82, 2.24) is 0 Å². The summed E-state index contributed by atoms with van der Waals surface area (Å²) in [4.78, 5) is 24.9. The van der Waals surface area contributed by atoms with Crippen LogP contribution in [0.25, 0.3) is 0 Å². The Labute approximate surface area is 211 Å². The molecule has 0 aliphatic carbocycles. The standard InChI is InChI=1S/C25H31ClO8S/c1-25(2,19-34-35(29,30)17-9-14-26)22(33-18-20-10-5-3-6-11-20)24(28)32-16-15-31-23(27)21-12-7-4-8-13-21/h3-8,10-13,22H,9,14-19H2,1-2H3. The van der Waals surface area contributed by atoms with E-state index in [2.05, 4.69) is 0 Å². The van der Waals surface area contributed by atoms with Gasteiger partial charge in [-0.25, -0.2) is 9.59 Å². The van der Waals surface area contributed by atoms with Crippen molar-refractivity contribution in [3.05, 3.63) is 71.8 Å². The molecule has 0 spiro atoms. The average molecular weight is 527 g/mol. The zero-order valence-corrected chi connectivity index (χ0v) is 21.4. The molecule has 0 fully saturated rings. The fraction of sp³-hybridized carbons (Fsp3) is 0.440. The van der Waals surface area contributed by atoms with Crippen LogP contribution < -0.4 is 0 Å². The van der Waals surface area contributed by atoms with E-state index in [1.807, 2.05) is 30.3 Å². The predicted octanol–water partition coefficient (Wildman–Crippen LogP) is 3.97. The molecule has 0 saturated carbocycles. The third-order valence-electron chi connectivity index (χ3n) is 4.89. The number of carbonyl (C=O) groups is 2. The fourth-order valence-corrected chi connectivity index (χ4v) is 4.38. The molecule has 2 aromatic rings. The lowest BCUT2D eigenvalue weighted by Gasteiger charge is -2.32. The van der Waals surface area contributed by atoms with Crippen molar-refractivity contribution in [1.29, 1.82) is 0 Å². The van der Waals surface area contributed by atoms with E-state index in [9.17, 15) is 18.0 Å². The van der Waals surface area contributed by atoms with Crippen molar-refractivity contribution in [2.24, 2.45) is 5.41 Å². The second-order valence-corrected chi connectivity index (χ2v) is 10.5. The highest BCUT2D eigenvalue weighted by molar-refractivity contribution is 7.86. The highest BCUT2D eigenvalue weighted by atomic mass is 35.5. The number of ether oxygens (including phenoxy) is 3. The summed E-state index contributed by atoms with van der Waals surface area (Å²) in [6, 6.07) is 17.7. The van der Waals surface area contributed by atoms with Crippen LogP contribution in [-0.4, -0.2) is 57.9 Å². The highest BCUT2D eigenvalue weighted by Gasteiger charge is 2.39. The lowest BCUT2D eigenvalue weighted by atomic mass is 9.87. The minimum absolute atomic E-state index is 0.103. The van der Waals surface area contributed by atoms with Gasteiger partial charge in [0.1, 0.15) is 13.2 Å². The van der Waals surface area contributed by atoms with Gasteiger partial charge in [-0.3, -0.25) is 4.18 Å². The number of alkyl halides is 1. The van der Waals surface area contributed by atoms with Crippen LogP contribution in [0.2, 0.25) is 0 Å². The molecule has 0 N–H and O–H groups in total. The van der Waals surface area contributed by atoms with E-state index in [1.165, 1.54) is 0 Å². The molecule has 0 aromatic heterocycles. The molecule has 2 rings (SSSR count). The molecule has 0 aliphatic heterocycles. The first-order valence-electron chi connectivity index (χ1n) is 11.1. The Kier molecular flexibility index (Phi) is 11.7. The Morgan fingerprint density at radius 1 is 0.943 bits per heavy atom. The molecule has 0 heterocycles. The number of hydrogen-bond acceptors (Lipinski definition) is 8. The van der Waals surface area contributed by atoms with Crippen molar-refractivity contribution in [2.75, 3.05) is 31.5 Å². The second-order valence-electron chi connectivity index (χ2n) is 8.40.